The zero-order valence-corrected chi connectivity index (χ0v) is 16.2. The summed E-state index contributed by atoms with van der Waals surface area (Å²) in [5.41, 5.74) is 2.03. The quantitative estimate of drug-likeness (QED) is 0.471. The number of carbonyl (C=O) groups excluding carboxylic acids is 2. The predicted molar refractivity (Wildman–Crippen MR) is 108 cm³/mol. The molecule has 0 atom stereocenters. The molecule has 2 aromatic heterocycles. The minimum atomic E-state index is -0.530. The summed E-state index contributed by atoms with van der Waals surface area (Å²) in [6.07, 6.45) is 1.80. The summed E-state index contributed by atoms with van der Waals surface area (Å²) in [5.74, 6) is -0.298. The Morgan fingerprint density at radius 2 is 1.93 bits per heavy atom. The van der Waals surface area contributed by atoms with Gasteiger partial charge in [0, 0.05) is 17.1 Å². The van der Waals surface area contributed by atoms with E-state index < -0.39 is 11.8 Å². The number of hydrogen-bond donors (Lipinski definition) is 2. The lowest BCUT2D eigenvalue weighted by molar-refractivity contribution is -0.117. The molecule has 2 N–H and O–H groups in total. The molecule has 0 aliphatic heterocycles. The van der Waals surface area contributed by atoms with E-state index in [2.05, 4.69) is 20.5 Å². The molecule has 2 aromatic carbocycles. The highest BCUT2D eigenvalue weighted by Gasteiger charge is 2.17. The average Bonchev–Trinajstić information content (AvgIpc) is 3.39. The number of imide groups is 1. The van der Waals surface area contributed by atoms with Gasteiger partial charge in [0.05, 0.1) is 24.0 Å². The number of thioether (sulfide) groups is 1. The first-order chi connectivity index (χ1) is 14.2. The van der Waals surface area contributed by atoms with Crippen LogP contribution >= 0.6 is 11.8 Å². The molecule has 0 saturated carbocycles. The van der Waals surface area contributed by atoms with Crippen LogP contribution in [0.3, 0.4) is 0 Å². The largest absolute Gasteiger partial charge is 0.496 e. The lowest BCUT2D eigenvalue weighted by atomic mass is 10.2. The van der Waals surface area contributed by atoms with Gasteiger partial charge in [-0.15, -0.1) is 10.2 Å². The van der Waals surface area contributed by atoms with E-state index in [0.717, 1.165) is 28.2 Å². The summed E-state index contributed by atoms with van der Waals surface area (Å²) < 4.78 is 10.8. The molecule has 0 spiro atoms. The van der Waals surface area contributed by atoms with Crippen LogP contribution in [0.15, 0.2) is 64.4 Å². The maximum Gasteiger partial charge on any atom is 0.277 e. The number of H-pyrrole nitrogens is 1. The Morgan fingerprint density at radius 1 is 1.14 bits per heavy atom. The van der Waals surface area contributed by atoms with Crippen LogP contribution in [0, 0.1) is 0 Å². The zero-order chi connectivity index (χ0) is 20.2. The number of carbonyl (C=O) groups is 2. The van der Waals surface area contributed by atoms with Crippen LogP contribution in [0.5, 0.6) is 5.75 Å². The Labute approximate surface area is 169 Å². The first-order valence-electron chi connectivity index (χ1n) is 8.65. The molecule has 4 aromatic rings. The van der Waals surface area contributed by atoms with E-state index >= 15 is 0 Å². The first-order valence-corrected chi connectivity index (χ1v) is 9.64. The third-order valence-electron chi connectivity index (χ3n) is 4.16. The molecule has 0 aliphatic carbocycles. The maximum absolute atomic E-state index is 12.3. The summed E-state index contributed by atoms with van der Waals surface area (Å²) >= 11 is 1.05. The number of rotatable bonds is 6. The standard InChI is InChI=1S/C20H16N4O4S/c1-27-16-9-5-3-7-13(16)18(26)22-17(25)11-29-20-24-23-19(28-20)14-10-21-15-8-4-2-6-12(14)15/h2-10,21H,11H2,1H3,(H,22,25,26). The van der Waals surface area contributed by atoms with Crippen molar-refractivity contribution in [1.82, 2.24) is 20.5 Å². The van der Waals surface area contributed by atoms with E-state index in [4.69, 9.17) is 9.15 Å². The van der Waals surface area contributed by atoms with Gasteiger partial charge < -0.3 is 14.1 Å². The number of hydrogen-bond acceptors (Lipinski definition) is 7. The first kappa shape index (κ1) is 18.8. The average molecular weight is 408 g/mol. The van der Waals surface area contributed by atoms with Crippen molar-refractivity contribution in [1.29, 1.82) is 0 Å². The van der Waals surface area contributed by atoms with E-state index in [9.17, 15) is 9.59 Å². The summed E-state index contributed by atoms with van der Waals surface area (Å²) in [5, 5.41) is 11.5. The molecule has 29 heavy (non-hydrogen) atoms. The number of aromatic amines is 1. The summed E-state index contributed by atoms with van der Waals surface area (Å²) in [4.78, 5) is 27.5. The normalized spacial score (nSPS) is 10.8. The summed E-state index contributed by atoms with van der Waals surface area (Å²) in [6, 6.07) is 14.4. The summed E-state index contributed by atoms with van der Waals surface area (Å²) in [6.45, 7) is 0. The Morgan fingerprint density at radius 3 is 2.79 bits per heavy atom. The van der Waals surface area contributed by atoms with Crippen molar-refractivity contribution < 1.29 is 18.7 Å². The number of methoxy groups -OCH3 is 1. The summed E-state index contributed by atoms with van der Waals surface area (Å²) in [7, 11) is 1.46. The van der Waals surface area contributed by atoms with Crippen LogP contribution in [0.1, 0.15) is 10.4 Å². The van der Waals surface area contributed by atoms with Gasteiger partial charge in [0.15, 0.2) is 0 Å². The SMILES string of the molecule is COc1ccccc1C(=O)NC(=O)CSc1nnc(-c2c[nH]c3ccccc23)o1. The highest BCUT2D eigenvalue weighted by atomic mass is 32.2. The van der Waals surface area contributed by atoms with Crippen molar-refractivity contribution in [2.45, 2.75) is 5.22 Å². The van der Waals surface area contributed by atoms with Crippen LogP contribution in [0.4, 0.5) is 0 Å². The van der Waals surface area contributed by atoms with Crippen LogP contribution in [0.2, 0.25) is 0 Å². The van der Waals surface area contributed by atoms with E-state index in [1.807, 2.05) is 24.3 Å². The monoisotopic (exact) mass is 408 g/mol. The maximum atomic E-state index is 12.3. The fourth-order valence-electron chi connectivity index (χ4n) is 2.81. The molecule has 4 rings (SSSR count). The Balaban J connectivity index is 1.38. The highest BCUT2D eigenvalue weighted by Crippen LogP contribution is 2.29. The van der Waals surface area contributed by atoms with Gasteiger partial charge in [0.1, 0.15) is 5.75 Å². The van der Waals surface area contributed by atoms with Gasteiger partial charge in [0.25, 0.3) is 17.0 Å². The predicted octanol–water partition coefficient (Wildman–Crippen LogP) is 3.28. The van der Waals surface area contributed by atoms with Crippen molar-refractivity contribution in [3.05, 3.63) is 60.3 Å². The molecule has 2 amide bonds. The number of ether oxygens (including phenoxy) is 1. The van der Waals surface area contributed by atoms with Crippen molar-refractivity contribution in [2.24, 2.45) is 0 Å². The second-order valence-corrected chi connectivity index (χ2v) is 6.91. The molecule has 146 valence electrons. The van der Waals surface area contributed by atoms with Gasteiger partial charge in [-0.2, -0.15) is 0 Å². The highest BCUT2D eigenvalue weighted by molar-refractivity contribution is 7.99. The smallest absolute Gasteiger partial charge is 0.277 e. The van der Waals surface area contributed by atoms with Crippen molar-refractivity contribution in [3.63, 3.8) is 0 Å². The molecule has 0 fully saturated rings. The second-order valence-electron chi connectivity index (χ2n) is 5.99. The minimum absolute atomic E-state index is 0.0452. The topological polar surface area (TPSA) is 110 Å². The third-order valence-corrected chi connectivity index (χ3v) is 4.98. The van der Waals surface area contributed by atoms with Crippen LogP contribution in [-0.4, -0.2) is 39.9 Å². The lowest BCUT2D eigenvalue weighted by Gasteiger charge is -2.07. The van der Waals surface area contributed by atoms with E-state index in [1.54, 1.807) is 30.5 Å². The van der Waals surface area contributed by atoms with Crippen molar-refractivity contribution >= 4 is 34.5 Å². The van der Waals surface area contributed by atoms with Gasteiger partial charge in [-0.3, -0.25) is 14.9 Å². The molecule has 0 bridgehead atoms. The Kier molecular flexibility index (Phi) is 5.30. The number of nitrogens with zero attached hydrogens (tertiary/aromatic N) is 2. The van der Waals surface area contributed by atoms with Crippen molar-refractivity contribution in [3.8, 4) is 17.2 Å². The number of nitrogens with one attached hydrogen (secondary N) is 2. The molecule has 0 radical (unpaired) electrons. The van der Waals surface area contributed by atoms with Crippen LogP contribution in [0.25, 0.3) is 22.4 Å². The van der Waals surface area contributed by atoms with Crippen molar-refractivity contribution in [2.75, 3.05) is 12.9 Å². The van der Waals surface area contributed by atoms with Gasteiger partial charge in [-0.05, 0) is 18.2 Å². The lowest BCUT2D eigenvalue weighted by Crippen LogP contribution is -2.32. The number of aromatic nitrogens is 3. The molecular weight excluding hydrogens is 392 g/mol. The van der Waals surface area contributed by atoms with Crippen LogP contribution < -0.4 is 10.1 Å². The molecule has 0 unspecified atom stereocenters. The Hall–Kier alpha value is -3.59. The molecule has 9 heteroatoms. The molecule has 0 saturated heterocycles. The van der Waals surface area contributed by atoms with Crippen LogP contribution in [-0.2, 0) is 4.79 Å². The second kappa shape index (κ2) is 8.19. The zero-order valence-electron chi connectivity index (χ0n) is 15.3. The number of benzene rings is 2. The van der Waals surface area contributed by atoms with E-state index in [0.29, 0.717) is 11.6 Å². The Bertz CT molecular complexity index is 1180. The van der Waals surface area contributed by atoms with Gasteiger partial charge in [-0.1, -0.05) is 42.1 Å². The minimum Gasteiger partial charge on any atom is -0.496 e. The number of para-hydroxylation sites is 2. The molecular formula is C20H16N4O4S. The number of fused-ring (bicyclic) bond motifs is 1. The third kappa shape index (κ3) is 3.99. The molecule has 2 heterocycles. The van der Waals surface area contributed by atoms with E-state index in [-0.39, 0.29) is 16.5 Å². The fraction of sp³-hybridized carbons (Fsp3) is 0.100. The molecule has 8 nitrogen and oxygen atoms in total. The van der Waals surface area contributed by atoms with Gasteiger partial charge in [-0.25, -0.2) is 0 Å². The van der Waals surface area contributed by atoms with Gasteiger partial charge >= 0.3 is 0 Å². The molecule has 0 aliphatic rings. The van der Waals surface area contributed by atoms with E-state index in [1.165, 1.54) is 7.11 Å². The van der Waals surface area contributed by atoms with Gasteiger partial charge in [0.2, 0.25) is 5.91 Å². The number of amides is 2. The fourth-order valence-corrected chi connectivity index (χ4v) is 3.38.